The van der Waals surface area contributed by atoms with E-state index < -0.39 is 10.0 Å². The summed E-state index contributed by atoms with van der Waals surface area (Å²) in [5, 5.41) is 0. The molecule has 0 aliphatic carbocycles. The van der Waals surface area contributed by atoms with Gasteiger partial charge in [0.25, 0.3) is 0 Å². The molecule has 122 valence electrons. The lowest BCUT2D eigenvalue weighted by Crippen LogP contribution is -2.44. The van der Waals surface area contributed by atoms with Crippen molar-refractivity contribution in [2.24, 2.45) is 5.92 Å². The van der Waals surface area contributed by atoms with Gasteiger partial charge >= 0.3 is 5.97 Å². The second-order valence-corrected chi connectivity index (χ2v) is 7.84. The first-order chi connectivity index (χ1) is 10.3. The predicted octanol–water partition coefficient (Wildman–Crippen LogP) is 2.35. The maximum Gasteiger partial charge on any atom is 0.305 e. The molecule has 1 aromatic rings. The molecule has 0 unspecified atom stereocenters. The van der Waals surface area contributed by atoms with Gasteiger partial charge in [-0.15, -0.1) is 0 Å². The van der Waals surface area contributed by atoms with E-state index >= 15 is 0 Å². The van der Waals surface area contributed by atoms with E-state index in [1.54, 1.807) is 16.4 Å². The number of nitrogens with zero attached hydrogens (tertiary/aromatic N) is 1. The Morgan fingerprint density at radius 3 is 2.50 bits per heavy atom. The molecule has 0 spiro atoms. The molecule has 1 fully saturated rings. The molecule has 1 aliphatic rings. The van der Waals surface area contributed by atoms with E-state index in [1.165, 1.54) is 7.11 Å². The topological polar surface area (TPSA) is 63.7 Å². The first-order valence-electron chi connectivity index (χ1n) is 7.50. The number of hydrogen-bond acceptors (Lipinski definition) is 4. The van der Waals surface area contributed by atoms with Gasteiger partial charge in [0.05, 0.1) is 12.0 Å². The van der Waals surface area contributed by atoms with Crippen LogP contribution in [-0.4, -0.2) is 38.4 Å². The Bertz CT molecular complexity index is 624. The van der Waals surface area contributed by atoms with Crippen LogP contribution in [0.2, 0.25) is 0 Å². The summed E-state index contributed by atoms with van der Waals surface area (Å²) in [6.07, 6.45) is 1.73. The van der Waals surface area contributed by atoms with Crippen molar-refractivity contribution in [3.63, 3.8) is 0 Å². The van der Waals surface area contributed by atoms with E-state index in [2.05, 4.69) is 0 Å². The highest BCUT2D eigenvalue weighted by Gasteiger charge is 2.35. The van der Waals surface area contributed by atoms with Gasteiger partial charge in [0.15, 0.2) is 0 Å². The highest BCUT2D eigenvalue weighted by atomic mass is 32.2. The molecule has 0 bridgehead atoms. The Kier molecular flexibility index (Phi) is 5.24. The molecule has 0 amide bonds. The van der Waals surface area contributed by atoms with Crippen LogP contribution in [-0.2, 0) is 19.6 Å². The Balaban J connectivity index is 2.10. The Labute approximate surface area is 132 Å². The van der Waals surface area contributed by atoms with Crippen LogP contribution in [0.5, 0.6) is 0 Å². The number of aryl methyl sites for hydroxylation is 1. The lowest BCUT2D eigenvalue weighted by atomic mass is 9.90. The highest BCUT2D eigenvalue weighted by Crippen LogP contribution is 2.30. The maximum atomic E-state index is 12.7. The molecule has 2 rings (SSSR count). The summed E-state index contributed by atoms with van der Waals surface area (Å²) >= 11 is 0. The molecular weight excluding hydrogens is 302 g/mol. The van der Waals surface area contributed by atoms with Crippen LogP contribution in [0.25, 0.3) is 0 Å². The molecule has 1 saturated heterocycles. The van der Waals surface area contributed by atoms with Crippen LogP contribution in [0.1, 0.15) is 31.7 Å². The van der Waals surface area contributed by atoms with Crippen LogP contribution in [0.15, 0.2) is 29.2 Å². The quantitative estimate of drug-likeness (QED) is 0.797. The van der Waals surface area contributed by atoms with Gasteiger partial charge in [0, 0.05) is 19.0 Å². The average molecular weight is 325 g/mol. The van der Waals surface area contributed by atoms with Crippen molar-refractivity contribution < 1.29 is 17.9 Å². The second-order valence-electron chi connectivity index (χ2n) is 5.95. The first kappa shape index (κ1) is 17.0. The Morgan fingerprint density at radius 2 is 1.95 bits per heavy atom. The van der Waals surface area contributed by atoms with E-state index in [9.17, 15) is 13.2 Å². The molecule has 6 heteroatoms. The predicted molar refractivity (Wildman–Crippen MR) is 83.9 cm³/mol. The van der Waals surface area contributed by atoms with E-state index in [-0.39, 0.29) is 17.9 Å². The first-order valence-corrected chi connectivity index (χ1v) is 8.94. The van der Waals surface area contributed by atoms with Gasteiger partial charge in [-0.3, -0.25) is 4.79 Å². The third kappa shape index (κ3) is 3.67. The van der Waals surface area contributed by atoms with Crippen molar-refractivity contribution in [1.82, 2.24) is 4.31 Å². The molecule has 22 heavy (non-hydrogen) atoms. The molecule has 0 N–H and O–H groups in total. The number of benzene rings is 1. The largest absolute Gasteiger partial charge is 0.469 e. The third-order valence-corrected chi connectivity index (χ3v) is 6.26. The van der Waals surface area contributed by atoms with Gasteiger partial charge in [0.2, 0.25) is 10.0 Å². The van der Waals surface area contributed by atoms with Crippen molar-refractivity contribution in [2.75, 3.05) is 13.7 Å². The van der Waals surface area contributed by atoms with Crippen LogP contribution < -0.4 is 0 Å². The molecule has 1 aliphatic heterocycles. The summed E-state index contributed by atoms with van der Waals surface area (Å²) in [4.78, 5) is 11.7. The van der Waals surface area contributed by atoms with Crippen molar-refractivity contribution in [3.05, 3.63) is 29.8 Å². The van der Waals surface area contributed by atoms with Gasteiger partial charge in [-0.25, -0.2) is 8.42 Å². The zero-order valence-corrected chi connectivity index (χ0v) is 14.1. The van der Waals surface area contributed by atoms with Crippen molar-refractivity contribution in [3.8, 4) is 0 Å². The Morgan fingerprint density at radius 1 is 1.32 bits per heavy atom. The minimum Gasteiger partial charge on any atom is -0.469 e. The standard InChI is InChI=1S/C16H23NO4S/c1-12-4-6-15(7-5-12)22(19,20)17-9-8-14(10-13(17)2)11-16(18)21-3/h4-7,13-14H,8-11H2,1-3H3/t13-,14-/m0/s1. The minimum absolute atomic E-state index is 0.116. The van der Waals surface area contributed by atoms with Gasteiger partial charge in [-0.05, 0) is 44.7 Å². The SMILES string of the molecule is COC(=O)C[C@H]1CCN(S(=O)(=O)c2ccc(C)cc2)[C@@H](C)C1. The fraction of sp³-hybridized carbons (Fsp3) is 0.562. The number of hydrogen-bond donors (Lipinski definition) is 0. The van der Waals surface area contributed by atoms with Crippen LogP contribution in [0.4, 0.5) is 0 Å². The minimum atomic E-state index is -3.47. The summed E-state index contributed by atoms with van der Waals surface area (Å²) < 4.78 is 31.7. The summed E-state index contributed by atoms with van der Waals surface area (Å²) in [7, 11) is -2.09. The average Bonchev–Trinajstić information content (AvgIpc) is 2.47. The van der Waals surface area contributed by atoms with Crippen molar-refractivity contribution in [1.29, 1.82) is 0 Å². The number of sulfonamides is 1. The van der Waals surface area contributed by atoms with Crippen LogP contribution in [0, 0.1) is 12.8 Å². The third-order valence-electron chi connectivity index (χ3n) is 4.23. The normalized spacial score (nSPS) is 23.2. The zero-order chi connectivity index (χ0) is 16.3. The van der Waals surface area contributed by atoms with E-state index in [4.69, 9.17) is 4.74 Å². The lowest BCUT2D eigenvalue weighted by Gasteiger charge is -2.36. The number of methoxy groups -OCH3 is 1. The van der Waals surface area contributed by atoms with Gasteiger partial charge < -0.3 is 4.74 Å². The monoisotopic (exact) mass is 325 g/mol. The van der Waals surface area contributed by atoms with Gasteiger partial charge in [0.1, 0.15) is 0 Å². The number of ether oxygens (including phenoxy) is 1. The summed E-state index contributed by atoms with van der Waals surface area (Å²) in [6.45, 7) is 4.27. The fourth-order valence-electron chi connectivity index (χ4n) is 2.96. The number of carbonyl (C=O) groups excluding carboxylic acids is 1. The molecule has 0 radical (unpaired) electrons. The van der Waals surface area contributed by atoms with Gasteiger partial charge in [-0.2, -0.15) is 4.31 Å². The lowest BCUT2D eigenvalue weighted by molar-refractivity contribution is -0.142. The number of piperidine rings is 1. The van der Waals surface area contributed by atoms with Crippen molar-refractivity contribution >= 4 is 16.0 Å². The number of carbonyl (C=O) groups is 1. The molecule has 0 aromatic heterocycles. The zero-order valence-electron chi connectivity index (χ0n) is 13.3. The number of esters is 1. The van der Waals surface area contributed by atoms with E-state index in [0.29, 0.717) is 30.7 Å². The summed E-state index contributed by atoms with van der Waals surface area (Å²) in [5.41, 5.74) is 1.03. The summed E-state index contributed by atoms with van der Waals surface area (Å²) in [5.74, 6) is -0.0426. The highest BCUT2D eigenvalue weighted by molar-refractivity contribution is 7.89. The molecular formula is C16H23NO4S. The smallest absolute Gasteiger partial charge is 0.305 e. The second kappa shape index (κ2) is 6.79. The van der Waals surface area contributed by atoms with E-state index in [1.807, 2.05) is 26.0 Å². The van der Waals surface area contributed by atoms with Crippen molar-refractivity contribution in [2.45, 2.75) is 44.0 Å². The molecule has 5 nitrogen and oxygen atoms in total. The van der Waals surface area contributed by atoms with Crippen LogP contribution in [0.3, 0.4) is 0 Å². The summed E-state index contributed by atoms with van der Waals surface area (Å²) in [6, 6.07) is 6.80. The molecule has 1 aromatic carbocycles. The fourth-order valence-corrected chi connectivity index (χ4v) is 4.61. The molecule has 0 saturated carbocycles. The number of rotatable bonds is 4. The Hall–Kier alpha value is -1.40. The molecule has 1 heterocycles. The maximum absolute atomic E-state index is 12.7. The van der Waals surface area contributed by atoms with Crippen LogP contribution >= 0.6 is 0 Å². The van der Waals surface area contributed by atoms with E-state index in [0.717, 1.165) is 5.56 Å². The van der Waals surface area contributed by atoms with Gasteiger partial charge in [-0.1, -0.05) is 17.7 Å². The molecule has 2 atom stereocenters.